The third-order valence-corrected chi connectivity index (χ3v) is 4.92. The van der Waals surface area contributed by atoms with Crippen LogP contribution in [0, 0.1) is 0 Å². The molecule has 1 aromatic carbocycles. The summed E-state index contributed by atoms with van der Waals surface area (Å²) in [5, 5.41) is 20.1. The molecule has 2 N–H and O–H groups in total. The first-order chi connectivity index (χ1) is 12.9. The number of benzene rings is 1. The molecular formula is C20H20O7. The van der Waals surface area contributed by atoms with Crippen LogP contribution in [0.1, 0.15) is 47.7 Å². The van der Waals surface area contributed by atoms with E-state index in [1.165, 1.54) is 25.3 Å². The van der Waals surface area contributed by atoms with Crippen molar-refractivity contribution in [1.29, 1.82) is 0 Å². The minimum absolute atomic E-state index is 0.0701. The van der Waals surface area contributed by atoms with Crippen molar-refractivity contribution in [3.8, 4) is 11.5 Å². The number of hydrogen-bond acceptors (Lipinski definition) is 6. The minimum Gasteiger partial charge on any atom is -0.504 e. The summed E-state index contributed by atoms with van der Waals surface area (Å²) in [4.78, 5) is 36.1. The van der Waals surface area contributed by atoms with E-state index in [1.54, 1.807) is 6.07 Å². The number of esters is 1. The van der Waals surface area contributed by atoms with E-state index in [4.69, 9.17) is 9.47 Å². The molecule has 1 aliphatic heterocycles. The van der Waals surface area contributed by atoms with Crippen LogP contribution in [0.15, 0.2) is 30.1 Å². The maximum Gasteiger partial charge on any atom is 0.339 e. The molecule has 27 heavy (non-hydrogen) atoms. The third kappa shape index (κ3) is 2.79. The molecule has 0 amide bonds. The lowest BCUT2D eigenvalue weighted by atomic mass is 9.75. The fraction of sp³-hybridized carbons (Fsp3) is 0.350. The normalized spacial score (nSPS) is 20.4. The SMILES string of the molecule is CCCCCc1cc2c(c(O)c1C(=O)O)OC(=O)C21C=CC(=O)C=C1OC. The first kappa shape index (κ1) is 18.7. The van der Waals surface area contributed by atoms with Gasteiger partial charge in [0.1, 0.15) is 11.3 Å². The van der Waals surface area contributed by atoms with E-state index in [0.717, 1.165) is 19.3 Å². The van der Waals surface area contributed by atoms with Gasteiger partial charge in [0.25, 0.3) is 0 Å². The number of aromatic hydroxyl groups is 1. The highest BCUT2D eigenvalue weighted by molar-refractivity contribution is 6.08. The van der Waals surface area contributed by atoms with Crippen molar-refractivity contribution in [2.45, 2.75) is 38.0 Å². The van der Waals surface area contributed by atoms with E-state index < -0.39 is 23.1 Å². The molecule has 1 atom stereocenters. The van der Waals surface area contributed by atoms with E-state index in [9.17, 15) is 24.6 Å². The number of carboxylic acid groups (broad SMARTS) is 1. The molecule has 0 fully saturated rings. The maximum atomic E-state index is 12.7. The molecule has 0 saturated heterocycles. The van der Waals surface area contributed by atoms with E-state index in [-0.39, 0.29) is 28.4 Å². The zero-order valence-corrected chi connectivity index (χ0v) is 15.1. The summed E-state index contributed by atoms with van der Waals surface area (Å²) >= 11 is 0. The fourth-order valence-corrected chi connectivity index (χ4v) is 3.58. The molecule has 7 nitrogen and oxygen atoms in total. The van der Waals surface area contributed by atoms with Gasteiger partial charge in [-0.1, -0.05) is 25.8 Å². The highest BCUT2D eigenvalue weighted by Crippen LogP contribution is 2.52. The van der Waals surface area contributed by atoms with Gasteiger partial charge in [0, 0.05) is 11.6 Å². The van der Waals surface area contributed by atoms with Gasteiger partial charge in [-0.05, 0) is 30.5 Å². The summed E-state index contributed by atoms with van der Waals surface area (Å²) in [5.41, 5.74) is -1.09. The van der Waals surface area contributed by atoms with Gasteiger partial charge in [-0.25, -0.2) is 9.59 Å². The second-order valence-corrected chi connectivity index (χ2v) is 6.54. The summed E-state index contributed by atoms with van der Waals surface area (Å²) in [6.45, 7) is 2.03. The van der Waals surface area contributed by atoms with Crippen molar-refractivity contribution in [2.75, 3.05) is 7.11 Å². The van der Waals surface area contributed by atoms with Crippen molar-refractivity contribution < 1.29 is 34.1 Å². The molecule has 2 aliphatic rings. The Morgan fingerprint density at radius 3 is 2.67 bits per heavy atom. The predicted octanol–water partition coefficient (Wildman–Crippen LogP) is 2.65. The lowest BCUT2D eigenvalue weighted by Crippen LogP contribution is -2.37. The van der Waals surface area contributed by atoms with Crippen LogP contribution in [0.4, 0.5) is 0 Å². The monoisotopic (exact) mass is 372 g/mol. The first-order valence-corrected chi connectivity index (χ1v) is 8.71. The Balaban J connectivity index is 2.23. The van der Waals surface area contributed by atoms with Crippen LogP contribution in [0.3, 0.4) is 0 Å². The molecule has 0 aromatic heterocycles. The van der Waals surface area contributed by atoms with Crippen LogP contribution < -0.4 is 4.74 Å². The standard InChI is InChI=1S/C20H20O7/c1-3-4-5-6-11-9-13-17(16(22)15(11)18(23)24)27-19(25)20(13)8-7-12(21)10-14(20)26-2/h7-10,22H,3-6H2,1-2H3,(H,23,24). The molecule has 0 radical (unpaired) electrons. The van der Waals surface area contributed by atoms with Crippen LogP contribution in [-0.2, 0) is 26.2 Å². The summed E-state index contributed by atoms with van der Waals surface area (Å²) in [6, 6.07) is 1.56. The second-order valence-electron chi connectivity index (χ2n) is 6.54. The third-order valence-electron chi connectivity index (χ3n) is 4.92. The number of carbonyl (C=O) groups is 3. The number of hydrogen-bond donors (Lipinski definition) is 2. The highest BCUT2D eigenvalue weighted by Gasteiger charge is 2.54. The Labute approximate surface area is 155 Å². The van der Waals surface area contributed by atoms with Crippen molar-refractivity contribution in [2.24, 2.45) is 0 Å². The molecule has 7 heteroatoms. The van der Waals surface area contributed by atoms with E-state index >= 15 is 0 Å². The minimum atomic E-state index is -1.51. The largest absolute Gasteiger partial charge is 0.504 e. The summed E-state index contributed by atoms with van der Waals surface area (Å²) in [5.74, 6) is -3.12. The smallest absolute Gasteiger partial charge is 0.339 e. The average Bonchev–Trinajstić information content (AvgIpc) is 2.90. The Kier molecular flexibility index (Phi) is 4.78. The van der Waals surface area contributed by atoms with Gasteiger partial charge in [0.05, 0.1) is 7.11 Å². The number of carboxylic acids is 1. The van der Waals surface area contributed by atoms with Gasteiger partial charge in [0.15, 0.2) is 22.7 Å². The molecule has 1 spiro atoms. The van der Waals surface area contributed by atoms with Gasteiger partial charge in [-0.3, -0.25) is 4.79 Å². The zero-order chi connectivity index (χ0) is 19.8. The Morgan fingerprint density at radius 2 is 2.04 bits per heavy atom. The Bertz CT molecular complexity index is 894. The number of rotatable bonds is 6. The van der Waals surface area contributed by atoms with Gasteiger partial charge < -0.3 is 19.7 Å². The number of allylic oxidation sites excluding steroid dienone is 2. The molecule has 1 heterocycles. The molecule has 1 aromatic rings. The number of phenols is 1. The molecule has 1 aliphatic carbocycles. The molecule has 142 valence electrons. The lowest BCUT2D eigenvalue weighted by molar-refractivity contribution is -0.136. The number of aromatic carboxylic acids is 1. The quantitative estimate of drug-likeness (QED) is 0.449. The van der Waals surface area contributed by atoms with Crippen molar-refractivity contribution >= 4 is 17.7 Å². The average molecular weight is 372 g/mol. The molecule has 0 saturated carbocycles. The van der Waals surface area contributed by atoms with Crippen LogP contribution in [0.25, 0.3) is 0 Å². The number of ketones is 1. The molecular weight excluding hydrogens is 352 g/mol. The number of unbranched alkanes of at least 4 members (excludes halogenated alkanes) is 2. The van der Waals surface area contributed by atoms with Crippen molar-refractivity contribution in [3.05, 3.63) is 46.7 Å². The number of aryl methyl sites for hydroxylation is 1. The molecule has 0 bridgehead atoms. The fourth-order valence-electron chi connectivity index (χ4n) is 3.58. The summed E-state index contributed by atoms with van der Waals surface area (Å²) in [7, 11) is 1.33. The van der Waals surface area contributed by atoms with Gasteiger partial charge in [-0.2, -0.15) is 0 Å². The topological polar surface area (TPSA) is 110 Å². The Morgan fingerprint density at radius 1 is 1.30 bits per heavy atom. The van der Waals surface area contributed by atoms with E-state index in [2.05, 4.69) is 0 Å². The van der Waals surface area contributed by atoms with Crippen molar-refractivity contribution in [1.82, 2.24) is 0 Å². The predicted molar refractivity (Wildman–Crippen MR) is 94.8 cm³/mol. The van der Waals surface area contributed by atoms with Gasteiger partial charge >= 0.3 is 11.9 Å². The molecule has 1 unspecified atom stereocenters. The van der Waals surface area contributed by atoms with E-state index in [0.29, 0.717) is 12.0 Å². The van der Waals surface area contributed by atoms with Crippen LogP contribution >= 0.6 is 0 Å². The lowest BCUT2D eigenvalue weighted by Gasteiger charge is -2.26. The van der Waals surface area contributed by atoms with Crippen LogP contribution in [-0.4, -0.2) is 35.0 Å². The van der Waals surface area contributed by atoms with Crippen LogP contribution in [0.5, 0.6) is 11.5 Å². The number of carbonyl (C=O) groups excluding carboxylic acids is 2. The number of ether oxygens (including phenoxy) is 2. The number of methoxy groups -OCH3 is 1. The molecule has 3 rings (SSSR count). The van der Waals surface area contributed by atoms with Crippen LogP contribution in [0.2, 0.25) is 0 Å². The Hall–Kier alpha value is -3.09. The highest BCUT2D eigenvalue weighted by atomic mass is 16.6. The first-order valence-electron chi connectivity index (χ1n) is 8.71. The number of fused-ring (bicyclic) bond motifs is 2. The van der Waals surface area contributed by atoms with Crippen molar-refractivity contribution in [3.63, 3.8) is 0 Å². The van der Waals surface area contributed by atoms with Gasteiger partial charge in [-0.15, -0.1) is 0 Å². The zero-order valence-electron chi connectivity index (χ0n) is 15.1. The summed E-state index contributed by atoms with van der Waals surface area (Å²) < 4.78 is 10.5. The summed E-state index contributed by atoms with van der Waals surface area (Å²) in [6.07, 6.45) is 6.81. The van der Waals surface area contributed by atoms with Gasteiger partial charge in [0.2, 0.25) is 0 Å². The van der Waals surface area contributed by atoms with E-state index in [1.807, 2.05) is 6.92 Å². The second kappa shape index (κ2) is 6.90. The maximum absolute atomic E-state index is 12.7.